The van der Waals surface area contributed by atoms with Crippen LogP contribution in [-0.4, -0.2) is 5.60 Å². The van der Waals surface area contributed by atoms with Gasteiger partial charge in [-0.25, -0.2) is 4.39 Å². The summed E-state index contributed by atoms with van der Waals surface area (Å²) in [6.45, 7) is 2.28. The van der Waals surface area contributed by atoms with Crippen LogP contribution in [-0.2, 0) is 0 Å². The number of hydrogen-bond acceptors (Lipinski definition) is 2. The first-order valence-electron chi connectivity index (χ1n) is 6.82. The number of hydrogen-bond donors (Lipinski definition) is 1. The Morgan fingerprint density at radius 2 is 2.06 bits per heavy atom. The van der Waals surface area contributed by atoms with E-state index in [0.717, 1.165) is 30.7 Å². The SMILES string of the molecule is CC1CCC2(CC1)CC(N)c1ccc(F)cc1O2. The summed E-state index contributed by atoms with van der Waals surface area (Å²) in [6, 6.07) is 4.67. The van der Waals surface area contributed by atoms with E-state index in [2.05, 4.69) is 6.92 Å². The summed E-state index contributed by atoms with van der Waals surface area (Å²) in [7, 11) is 0. The largest absolute Gasteiger partial charge is 0.487 e. The zero-order valence-corrected chi connectivity index (χ0v) is 10.8. The number of fused-ring (bicyclic) bond motifs is 1. The van der Waals surface area contributed by atoms with Crippen LogP contribution < -0.4 is 10.5 Å². The fourth-order valence-corrected chi connectivity index (χ4v) is 3.28. The highest BCUT2D eigenvalue weighted by Gasteiger charge is 2.41. The highest BCUT2D eigenvalue weighted by Crippen LogP contribution is 2.46. The van der Waals surface area contributed by atoms with E-state index in [1.165, 1.54) is 25.0 Å². The molecule has 0 saturated heterocycles. The van der Waals surface area contributed by atoms with Crippen molar-refractivity contribution in [2.24, 2.45) is 11.7 Å². The Hall–Kier alpha value is -1.09. The summed E-state index contributed by atoms with van der Waals surface area (Å²) in [5, 5.41) is 0. The van der Waals surface area contributed by atoms with Gasteiger partial charge in [-0.15, -0.1) is 0 Å². The van der Waals surface area contributed by atoms with E-state index in [0.29, 0.717) is 5.75 Å². The Morgan fingerprint density at radius 3 is 2.78 bits per heavy atom. The lowest BCUT2D eigenvalue weighted by atomic mass is 9.74. The maximum atomic E-state index is 13.3. The fraction of sp³-hybridized carbons (Fsp3) is 0.600. The highest BCUT2D eigenvalue weighted by atomic mass is 19.1. The molecule has 98 valence electrons. The first-order valence-corrected chi connectivity index (χ1v) is 6.82. The molecule has 1 spiro atoms. The quantitative estimate of drug-likeness (QED) is 0.763. The Bertz CT molecular complexity index is 452. The summed E-state index contributed by atoms with van der Waals surface area (Å²) in [6.07, 6.45) is 5.29. The van der Waals surface area contributed by atoms with Crippen LogP contribution in [0.15, 0.2) is 18.2 Å². The summed E-state index contributed by atoms with van der Waals surface area (Å²) in [5.41, 5.74) is 7.03. The van der Waals surface area contributed by atoms with Crippen molar-refractivity contribution in [2.45, 2.75) is 50.7 Å². The molecule has 2 nitrogen and oxygen atoms in total. The second-order valence-electron chi connectivity index (χ2n) is 5.96. The summed E-state index contributed by atoms with van der Waals surface area (Å²) in [4.78, 5) is 0. The van der Waals surface area contributed by atoms with Gasteiger partial charge in [0.1, 0.15) is 17.2 Å². The molecule has 1 atom stereocenters. The third-order valence-electron chi connectivity index (χ3n) is 4.48. The Morgan fingerprint density at radius 1 is 1.33 bits per heavy atom. The van der Waals surface area contributed by atoms with Gasteiger partial charge >= 0.3 is 0 Å². The average Bonchev–Trinajstić information content (AvgIpc) is 2.33. The van der Waals surface area contributed by atoms with Crippen molar-refractivity contribution in [1.82, 2.24) is 0 Å². The van der Waals surface area contributed by atoms with Crippen molar-refractivity contribution in [2.75, 3.05) is 0 Å². The molecule has 3 rings (SSSR count). The molecule has 0 bridgehead atoms. The smallest absolute Gasteiger partial charge is 0.127 e. The van der Waals surface area contributed by atoms with Gasteiger partial charge in [-0.1, -0.05) is 13.0 Å². The first kappa shape index (κ1) is 12.0. The molecule has 1 aliphatic heterocycles. The highest BCUT2D eigenvalue weighted by molar-refractivity contribution is 5.39. The van der Waals surface area contributed by atoms with Crippen LogP contribution in [0.25, 0.3) is 0 Å². The van der Waals surface area contributed by atoms with Crippen LogP contribution in [0, 0.1) is 11.7 Å². The van der Waals surface area contributed by atoms with E-state index < -0.39 is 0 Å². The lowest BCUT2D eigenvalue weighted by molar-refractivity contribution is -0.00879. The van der Waals surface area contributed by atoms with Crippen molar-refractivity contribution < 1.29 is 9.13 Å². The molecule has 18 heavy (non-hydrogen) atoms. The predicted octanol–water partition coefficient (Wildman–Crippen LogP) is 3.56. The van der Waals surface area contributed by atoms with Crippen LogP contribution >= 0.6 is 0 Å². The van der Waals surface area contributed by atoms with Gasteiger partial charge in [0, 0.05) is 24.1 Å². The molecule has 3 heteroatoms. The van der Waals surface area contributed by atoms with E-state index in [4.69, 9.17) is 10.5 Å². The van der Waals surface area contributed by atoms with Gasteiger partial charge in [-0.3, -0.25) is 0 Å². The van der Waals surface area contributed by atoms with Crippen LogP contribution in [0.5, 0.6) is 5.75 Å². The molecule has 1 aromatic rings. The topological polar surface area (TPSA) is 35.2 Å². The van der Waals surface area contributed by atoms with Crippen molar-refractivity contribution in [3.63, 3.8) is 0 Å². The number of halogens is 1. The van der Waals surface area contributed by atoms with E-state index in [9.17, 15) is 4.39 Å². The second-order valence-corrected chi connectivity index (χ2v) is 5.96. The van der Waals surface area contributed by atoms with Gasteiger partial charge in [0.2, 0.25) is 0 Å². The molecule has 2 N–H and O–H groups in total. The summed E-state index contributed by atoms with van der Waals surface area (Å²) in [5.74, 6) is 1.18. The van der Waals surface area contributed by atoms with E-state index in [1.807, 2.05) is 0 Å². The Labute approximate surface area is 107 Å². The summed E-state index contributed by atoms with van der Waals surface area (Å²) < 4.78 is 19.5. The molecule has 0 aromatic heterocycles. The van der Waals surface area contributed by atoms with Crippen molar-refractivity contribution in [3.8, 4) is 5.75 Å². The predicted molar refractivity (Wildman–Crippen MR) is 68.9 cm³/mol. The van der Waals surface area contributed by atoms with Crippen LogP contribution in [0.2, 0.25) is 0 Å². The Kier molecular flexibility index (Phi) is 2.81. The third kappa shape index (κ3) is 2.01. The second kappa shape index (κ2) is 4.23. The molecular formula is C15H20FNO. The molecule has 1 heterocycles. The molecular weight excluding hydrogens is 229 g/mol. The van der Waals surface area contributed by atoms with Gasteiger partial charge in [0.15, 0.2) is 0 Å². The molecule has 1 saturated carbocycles. The molecule has 2 aliphatic rings. The molecule has 1 unspecified atom stereocenters. The fourth-order valence-electron chi connectivity index (χ4n) is 3.28. The molecule has 1 fully saturated rings. The lowest BCUT2D eigenvalue weighted by Crippen LogP contribution is -2.45. The molecule has 0 radical (unpaired) electrons. The minimum absolute atomic E-state index is 0.0252. The molecule has 0 amide bonds. The number of ether oxygens (including phenoxy) is 1. The van der Waals surface area contributed by atoms with Crippen molar-refractivity contribution in [3.05, 3.63) is 29.6 Å². The monoisotopic (exact) mass is 249 g/mol. The minimum Gasteiger partial charge on any atom is -0.487 e. The first-order chi connectivity index (χ1) is 8.58. The van der Waals surface area contributed by atoms with Gasteiger partial charge < -0.3 is 10.5 Å². The zero-order valence-electron chi connectivity index (χ0n) is 10.8. The van der Waals surface area contributed by atoms with Crippen LogP contribution in [0.1, 0.15) is 50.6 Å². The van der Waals surface area contributed by atoms with Gasteiger partial charge in [0.25, 0.3) is 0 Å². The lowest BCUT2D eigenvalue weighted by Gasteiger charge is -2.45. The standard InChI is InChI=1S/C15H20FNO/c1-10-4-6-15(7-5-10)9-13(17)12-3-2-11(16)8-14(12)18-15/h2-3,8,10,13H,4-7,9,17H2,1H3. The van der Waals surface area contributed by atoms with Gasteiger partial charge in [0.05, 0.1) is 0 Å². The van der Waals surface area contributed by atoms with Gasteiger partial charge in [-0.05, 0) is 37.7 Å². The summed E-state index contributed by atoms with van der Waals surface area (Å²) >= 11 is 0. The maximum Gasteiger partial charge on any atom is 0.127 e. The van der Waals surface area contributed by atoms with Crippen molar-refractivity contribution in [1.29, 1.82) is 0 Å². The van der Waals surface area contributed by atoms with Gasteiger partial charge in [-0.2, -0.15) is 0 Å². The minimum atomic E-state index is -0.248. The average molecular weight is 249 g/mol. The molecule has 1 aliphatic carbocycles. The third-order valence-corrected chi connectivity index (χ3v) is 4.48. The number of rotatable bonds is 0. The van der Waals surface area contributed by atoms with Crippen LogP contribution in [0.4, 0.5) is 4.39 Å². The zero-order chi connectivity index (χ0) is 12.8. The number of nitrogens with two attached hydrogens (primary N) is 1. The number of benzene rings is 1. The Balaban J connectivity index is 1.90. The maximum absolute atomic E-state index is 13.3. The molecule has 1 aromatic carbocycles. The van der Waals surface area contributed by atoms with E-state index in [-0.39, 0.29) is 17.5 Å². The van der Waals surface area contributed by atoms with Crippen LogP contribution in [0.3, 0.4) is 0 Å². The van der Waals surface area contributed by atoms with E-state index >= 15 is 0 Å². The van der Waals surface area contributed by atoms with Crippen molar-refractivity contribution >= 4 is 0 Å². The van der Waals surface area contributed by atoms with E-state index in [1.54, 1.807) is 6.07 Å². The normalized spacial score (nSPS) is 35.1.